The van der Waals surface area contributed by atoms with Crippen LogP contribution >= 0.6 is 11.6 Å². The van der Waals surface area contributed by atoms with E-state index in [1.54, 1.807) is 36.4 Å². The number of nitrogens with two attached hydrogens (primary N) is 1. The fourth-order valence-corrected chi connectivity index (χ4v) is 1.96. The van der Waals surface area contributed by atoms with Crippen molar-refractivity contribution in [3.63, 3.8) is 0 Å². The van der Waals surface area contributed by atoms with E-state index in [4.69, 9.17) is 22.1 Å². The first kappa shape index (κ1) is 15.7. The average molecular weight is 318 g/mol. The molecule has 0 aromatic heterocycles. The van der Waals surface area contributed by atoms with Crippen molar-refractivity contribution < 1.29 is 19.1 Å². The van der Waals surface area contributed by atoms with Crippen molar-refractivity contribution in [3.8, 4) is 0 Å². The maximum Gasteiger partial charge on any atom is 0.339 e. The van der Waals surface area contributed by atoms with Gasteiger partial charge in [-0.15, -0.1) is 0 Å². The van der Waals surface area contributed by atoms with Crippen LogP contribution in [-0.4, -0.2) is 24.3 Å². The molecule has 0 aliphatic rings. The Labute approximate surface area is 131 Å². The molecule has 0 heterocycles. The predicted octanol–water partition coefficient (Wildman–Crippen LogP) is 2.21. The number of carbonyl (C=O) groups is 3. The number of hydrogen-bond acceptors (Lipinski definition) is 4. The standard InChI is InChI=1S/C16H12ClNO4/c17-11-7-5-10(6-8-11)15(20)12-3-1-2-4-13(12)16(21)22-9-14(18)19/h1-8H,9H2,(H2,18,19). The van der Waals surface area contributed by atoms with Gasteiger partial charge in [0.1, 0.15) is 0 Å². The minimum Gasteiger partial charge on any atom is -0.452 e. The van der Waals surface area contributed by atoms with E-state index in [-0.39, 0.29) is 16.9 Å². The minimum atomic E-state index is -0.781. The monoisotopic (exact) mass is 317 g/mol. The van der Waals surface area contributed by atoms with Crippen molar-refractivity contribution >= 4 is 29.3 Å². The van der Waals surface area contributed by atoms with Crippen LogP contribution in [0.25, 0.3) is 0 Å². The summed E-state index contributed by atoms with van der Waals surface area (Å²) in [5.41, 5.74) is 5.57. The van der Waals surface area contributed by atoms with Gasteiger partial charge in [-0.25, -0.2) is 4.79 Å². The molecule has 2 N–H and O–H groups in total. The number of amides is 1. The van der Waals surface area contributed by atoms with Crippen LogP contribution in [0.5, 0.6) is 0 Å². The Morgan fingerprint density at radius 1 is 0.955 bits per heavy atom. The third kappa shape index (κ3) is 3.71. The summed E-state index contributed by atoms with van der Waals surface area (Å²) < 4.78 is 4.75. The van der Waals surface area contributed by atoms with E-state index in [2.05, 4.69) is 0 Å². The SMILES string of the molecule is NC(=O)COC(=O)c1ccccc1C(=O)c1ccc(Cl)cc1. The number of benzene rings is 2. The summed E-state index contributed by atoms with van der Waals surface area (Å²) in [5, 5.41) is 0.505. The van der Waals surface area contributed by atoms with Gasteiger partial charge in [-0.2, -0.15) is 0 Å². The zero-order valence-corrected chi connectivity index (χ0v) is 12.2. The third-order valence-electron chi connectivity index (χ3n) is 2.84. The highest BCUT2D eigenvalue weighted by molar-refractivity contribution is 6.30. The van der Waals surface area contributed by atoms with Gasteiger partial charge < -0.3 is 10.5 Å². The van der Waals surface area contributed by atoms with Gasteiger partial charge in [-0.05, 0) is 30.3 Å². The van der Waals surface area contributed by atoms with Crippen LogP contribution in [-0.2, 0) is 9.53 Å². The van der Waals surface area contributed by atoms with Gasteiger partial charge in [0, 0.05) is 16.1 Å². The fourth-order valence-electron chi connectivity index (χ4n) is 1.83. The van der Waals surface area contributed by atoms with Crippen molar-refractivity contribution in [2.45, 2.75) is 0 Å². The average Bonchev–Trinajstić information content (AvgIpc) is 2.52. The van der Waals surface area contributed by atoms with Crippen LogP contribution in [0.2, 0.25) is 5.02 Å². The predicted molar refractivity (Wildman–Crippen MR) is 80.8 cm³/mol. The molecule has 0 radical (unpaired) electrons. The quantitative estimate of drug-likeness (QED) is 0.676. The van der Waals surface area contributed by atoms with E-state index in [9.17, 15) is 14.4 Å². The lowest BCUT2D eigenvalue weighted by Crippen LogP contribution is -2.22. The lowest BCUT2D eigenvalue weighted by Gasteiger charge is -2.08. The smallest absolute Gasteiger partial charge is 0.339 e. The number of carbonyl (C=O) groups excluding carboxylic acids is 3. The first-order chi connectivity index (χ1) is 10.5. The molecule has 0 fully saturated rings. The topological polar surface area (TPSA) is 86.5 Å². The molecule has 2 aromatic rings. The third-order valence-corrected chi connectivity index (χ3v) is 3.10. The Kier molecular flexibility index (Phi) is 4.91. The van der Waals surface area contributed by atoms with Gasteiger partial charge in [0.25, 0.3) is 5.91 Å². The maximum absolute atomic E-state index is 12.5. The summed E-state index contributed by atoms with van der Waals surface area (Å²) in [6.07, 6.45) is 0. The molecule has 0 unspecified atom stereocenters. The van der Waals surface area contributed by atoms with Crippen molar-refractivity contribution in [1.82, 2.24) is 0 Å². The van der Waals surface area contributed by atoms with Crippen LogP contribution < -0.4 is 5.73 Å². The summed E-state index contributed by atoms with van der Waals surface area (Å²) in [5.74, 6) is -1.89. The van der Waals surface area contributed by atoms with E-state index in [1.165, 1.54) is 12.1 Å². The molecular weight excluding hydrogens is 306 g/mol. The number of hydrogen-bond donors (Lipinski definition) is 1. The van der Waals surface area contributed by atoms with Crippen molar-refractivity contribution in [3.05, 3.63) is 70.2 Å². The zero-order chi connectivity index (χ0) is 16.1. The molecule has 6 heteroatoms. The molecule has 0 saturated heterocycles. The van der Waals surface area contributed by atoms with E-state index in [1.807, 2.05) is 0 Å². The second-order valence-corrected chi connectivity index (χ2v) is 4.86. The lowest BCUT2D eigenvalue weighted by molar-refractivity contribution is -0.121. The van der Waals surface area contributed by atoms with E-state index in [0.29, 0.717) is 10.6 Å². The lowest BCUT2D eigenvalue weighted by atomic mass is 9.98. The zero-order valence-electron chi connectivity index (χ0n) is 11.4. The van der Waals surface area contributed by atoms with Crippen LogP contribution in [0.4, 0.5) is 0 Å². The molecule has 2 aromatic carbocycles. The van der Waals surface area contributed by atoms with Gasteiger partial charge in [-0.3, -0.25) is 9.59 Å². The fraction of sp³-hybridized carbons (Fsp3) is 0.0625. The Bertz CT molecular complexity index is 725. The molecule has 1 amide bonds. The summed E-state index contributed by atoms with van der Waals surface area (Å²) in [6, 6.07) is 12.5. The van der Waals surface area contributed by atoms with Crippen LogP contribution in [0.15, 0.2) is 48.5 Å². The molecule has 0 aliphatic heterocycles. The van der Waals surface area contributed by atoms with Gasteiger partial charge in [0.05, 0.1) is 5.56 Å². The first-order valence-corrected chi connectivity index (χ1v) is 6.71. The van der Waals surface area contributed by atoms with E-state index < -0.39 is 18.5 Å². The number of halogens is 1. The van der Waals surface area contributed by atoms with E-state index in [0.717, 1.165) is 0 Å². The Hall–Kier alpha value is -2.66. The van der Waals surface area contributed by atoms with Gasteiger partial charge in [0.15, 0.2) is 12.4 Å². The van der Waals surface area contributed by atoms with Gasteiger partial charge >= 0.3 is 5.97 Å². The molecule has 0 spiro atoms. The molecule has 0 bridgehead atoms. The van der Waals surface area contributed by atoms with Gasteiger partial charge in [0.2, 0.25) is 0 Å². The first-order valence-electron chi connectivity index (χ1n) is 6.34. The van der Waals surface area contributed by atoms with Crippen LogP contribution in [0.1, 0.15) is 26.3 Å². The number of ether oxygens (including phenoxy) is 1. The summed E-state index contributed by atoms with van der Waals surface area (Å²) in [4.78, 5) is 35.1. The maximum atomic E-state index is 12.5. The summed E-state index contributed by atoms with van der Waals surface area (Å²) >= 11 is 5.79. The highest BCUT2D eigenvalue weighted by Crippen LogP contribution is 2.17. The van der Waals surface area contributed by atoms with E-state index >= 15 is 0 Å². The highest BCUT2D eigenvalue weighted by Gasteiger charge is 2.19. The minimum absolute atomic E-state index is 0.0729. The van der Waals surface area contributed by atoms with Crippen molar-refractivity contribution in [1.29, 1.82) is 0 Å². The van der Waals surface area contributed by atoms with Crippen LogP contribution in [0, 0.1) is 0 Å². The Morgan fingerprint density at radius 2 is 1.55 bits per heavy atom. The summed E-state index contributed by atoms with van der Waals surface area (Å²) in [7, 11) is 0. The second-order valence-electron chi connectivity index (χ2n) is 4.42. The number of primary amides is 1. The molecule has 22 heavy (non-hydrogen) atoms. The molecule has 5 nitrogen and oxygen atoms in total. The molecule has 0 saturated carbocycles. The molecule has 112 valence electrons. The Morgan fingerprint density at radius 3 is 2.14 bits per heavy atom. The normalized spacial score (nSPS) is 10.0. The van der Waals surface area contributed by atoms with Crippen molar-refractivity contribution in [2.75, 3.05) is 6.61 Å². The molecule has 0 atom stereocenters. The molecular formula is C16H12ClNO4. The largest absolute Gasteiger partial charge is 0.452 e. The van der Waals surface area contributed by atoms with Crippen molar-refractivity contribution in [2.24, 2.45) is 5.73 Å². The number of esters is 1. The van der Waals surface area contributed by atoms with Gasteiger partial charge in [-0.1, -0.05) is 29.8 Å². The number of rotatable bonds is 5. The summed E-state index contributed by atoms with van der Waals surface area (Å²) in [6.45, 7) is -0.539. The molecule has 0 aliphatic carbocycles. The second kappa shape index (κ2) is 6.87. The van der Waals surface area contributed by atoms with Crippen LogP contribution in [0.3, 0.4) is 0 Å². The Balaban J connectivity index is 2.31. The molecule has 2 rings (SSSR count). The highest BCUT2D eigenvalue weighted by atomic mass is 35.5. The number of ketones is 1.